The van der Waals surface area contributed by atoms with E-state index in [9.17, 15) is 4.79 Å². The normalized spacial score (nSPS) is 18.6. The fourth-order valence-electron chi connectivity index (χ4n) is 2.87. The first-order valence-electron chi connectivity index (χ1n) is 6.70. The predicted octanol–water partition coefficient (Wildman–Crippen LogP) is 2.05. The second-order valence-corrected chi connectivity index (χ2v) is 5.21. The Balaban J connectivity index is 2.31. The third-order valence-corrected chi connectivity index (χ3v) is 4.09. The predicted molar refractivity (Wildman–Crippen MR) is 73.6 cm³/mol. The zero-order chi connectivity index (χ0) is 13.1. The fraction of sp³-hybridized carbons (Fsp3) is 0.533. The van der Waals surface area contributed by atoms with Gasteiger partial charge in [-0.1, -0.05) is 18.2 Å². The Morgan fingerprint density at radius 1 is 1.39 bits per heavy atom. The first kappa shape index (κ1) is 13.1. The van der Waals surface area contributed by atoms with Gasteiger partial charge in [0.15, 0.2) is 0 Å². The number of nitrogens with two attached hydrogens (primary N) is 1. The maximum absolute atomic E-state index is 11.4. The number of nitrogens with one attached hydrogen (secondary N) is 1. The molecule has 0 aliphatic carbocycles. The molecule has 1 atom stereocenters. The van der Waals surface area contributed by atoms with Crippen LogP contribution in [0.1, 0.15) is 48.3 Å². The fourth-order valence-corrected chi connectivity index (χ4v) is 2.87. The molecule has 1 unspecified atom stereocenters. The van der Waals surface area contributed by atoms with Crippen LogP contribution in [0.3, 0.4) is 0 Å². The van der Waals surface area contributed by atoms with Crippen LogP contribution in [0.15, 0.2) is 18.2 Å². The van der Waals surface area contributed by atoms with E-state index in [1.54, 1.807) is 0 Å². The van der Waals surface area contributed by atoms with Gasteiger partial charge in [0.2, 0.25) is 5.91 Å². The van der Waals surface area contributed by atoms with E-state index in [-0.39, 0.29) is 11.8 Å². The van der Waals surface area contributed by atoms with Crippen LogP contribution >= 0.6 is 0 Å². The van der Waals surface area contributed by atoms with Crippen molar-refractivity contribution in [2.45, 2.75) is 38.5 Å². The molecule has 1 saturated heterocycles. The van der Waals surface area contributed by atoms with E-state index in [0.717, 1.165) is 18.7 Å². The monoisotopic (exact) mass is 246 g/mol. The van der Waals surface area contributed by atoms with Gasteiger partial charge in [0.1, 0.15) is 0 Å². The molecule has 1 heterocycles. The van der Waals surface area contributed by atoms with Crippen LogP contribution in [-0.2, 0) is 4.79 Å². The Morgan fingerprint density at radius 2 is 2.06 bits per heavy atom. The molecule has 0 bridgehead atoms. The Hall–Kier alpha value is -1.35. The Labute approximate surface area is 109 Å². The summed E-state index contributed by atoms with van der Waals surface area (Å²) in [5, 5.41) is 3.39. The van der Waals surface area contributed by atoms with Gasteiger partial charge in [-0.2, -0.15) is 0 Å². The average molecular weight is 246 g/mol. The van der Waals surface area contributed by atoms with E-state index in [4.69, 9.17) is 5.73 Å². The number of amides is 1. The van der Waals surface area contributed by atoms with Gasteiger partial charge in [-0.15, -0.1) is 0 Å². The van der Waals surface area contributed by atoms with Crippen molar-refractivity contribution < 1.29 is 4.79 Å². The highest BCUT2D eigenvalue weighted by Crippen LogP contribution is 2.31. The summed E-state index contributed by atoms with van der Waals surface area (Å²) in [6.07, 6.45) is 2.35. The highest BCUT2D eigenvalue weighted by Gasteiger charge is 2.21. The van der Waals surface area contributed by atoms with Gasteiger partial charge >= 0.3 is 0 Å². The molecule has 1 fully saturated rings. The van der Waals surface area contributed by atoms with Crippen LogP contribution < -0.4 is 11.1 Å². The number of piperidine rings is 1. The van der Waals surface area contributed by atoms with Crippen molar-refractivity contribution in [3.63, 3.8) is 0 Å². The van der Waals surface area contributed by atoms with Crippen molar-refractivity contribution in [2.75, 3.05) is 13.1 Å². The third-order valence-electron chi connectivity index (χ3n) is 4.09. The van der Waals surface area contributed by atoms with E-state index >= 15 is 0 Å². The van der Waals surface area contributed by atoms with Crippen LogP contribution in [0.25, 0.3) is 0 Å². The quantitative estimate of drug-likeness (QED) is 0.857. The molecular formula is C15H22N2O. The van der Waals surface area contributed by atoms with E-state index in [1.807, 2.05) is 13.0 Å². The highest BCUT2D eigenvalue weighted by atomic mass is 16.1. The lowest BCUT2D eigenvalue weighted by Gasteiger charge is -2.26. The topological polar surface area (TPSA) is 55.1 Å². The highest BCUT2D eigenvalue weighted by molar-refractivity contribution is 5.82. The minimum atomic E-state index is -0.249. The van der Waals surface area contributed by atoms with Gasteiger partial charge in [0.25, 0.3) is 0 Å². The van der Waals surface area contributed by atoms with Gasteiger partial charge in [-0.25, -0.2) is 0 Å². The number of hydrogen-bond donors (Lipinski definition) is 2. The summed E-state index contributed by atoms with van der Waals surface area (Å²) in [4.78, 5) is 11.4. The van der Waals surface area contributed by atoms with Gasteiger partial charge in [0, 0.05) is 0 Å². The molecule has 1 aliphatic rings. The molecule has 0 aromatic heterocycles. The van der Waals surface area contributed by atoms with Crippen LogP contribution in [0.2, 0.25) is 0 Å². The van der Waals surface area contributed by atoms with E-state index in [0.29, 0.717) is 5.92 Å². The molecule has 0 saturated carbocycles. The number of benzene rings is 1. The minimum absolute atomic E-state index is 0.202. The lowest BCUT2D eigenvalue weighted by molar-refractivity contribution is -0.119. The number of carbonyl (C=O) groups excluding carboxylic acids is 1. The molecule has 2 rings (SSSR count). The van der Waals surface area contributed by atoms with Crippen molar-refractivity contribution in [1.82, 2.24) is 5.32 Å². The summed E-state index contributed by atoms with van der Waals surface area (Å²) in [5.74, 6) is 0.165. The zero-order valence-corrected chi connectivity index (χ0v) is 11.2. The van der Waals surface area contributed by atoms with Crippen molar-refractivity contribution in [3.05, 3.63) is 34.9 Å². The second kappa shape index (κ2) is 5.53. The Morgan fingerprint density at radius 3 is 2.67 bits per heavy atom. The lowest BCUT2D eigenvalue weighted by atomic mass is 9.83. The number of hydrogen-bond acceptors (Lipinski definition) is 2. The molecule has 1 aromatic carbocycles. The molecule has 3 heteroatoms. The van der Waals surface area contributed by atoms with Crippen molar-refractivity contribution >= 4 is 5.91 Å². The maximum Gasteiger partial charge on any atom is 0.224 e. The molecule has 1 aromatic rings. The number of primary amides is 1. The van der Waals surface area contributed by atoms with Crippen molar-refractivity contribution in [1.29, 1.82) is 0 Å². The summed E-state index contributed by atoms with van der Waals surface area (Å²) < 4.78 is 0. The summed E-state index contributed by atoms with van der Waals surface area (Å²) in [5.41, 5.74) is 9.14. The molecule has 18 heavy (non-hydrogen) atoms. The molecule has 0 radical (unpaired) electrons. The third kappa shape index (κ3) is 2.56. The molecule has 98 valence electrons. The number of rotatable bonds is 3. The van der Waals surface area contributed by atoms with Crippen molar-refractivity contribution in [3.8, 4) is 0 Å². The Kier molecular flexibility index (Phi) is 4.02. The number of carbonyl (C=O) groups is 1. The van der Waals surface area contributed by atoms with Crippen LogP contribution in [0.5, 0.6) is 0 Å². The molecule has 1 amide bonds. The van der Waals surface area contributed by atoms with Crippen LogP contribution in [-0.4, -0.2) is 19.0 Å². The van der Waals surface area contributed by atoms with E-state index < -0.39 is 0 Å². The molecule has 1 aliphatic heterocycles. The summed E-state index contributed by atoms with van der Waals surface area (Å²) in [6, 6.07) is 6.27. The lowest BCUT2D eigenvalue weighted by Crippen LogP contribution is -2.27. The van der Waals surface area contributed by atoms with Crippen LogP contribution in [0.4, 0.5) is 0 Å². The van der Waals surface area contributed by atoms with Gasteiger partial charge in [-0.3, -0.25) is 4.79 Å². The summed E-state index contributed by atoms with van der Waals surface area (Å²) >= 11 is 0. The summed E-state index contributed by atoms with van der Waals surface area (Å²) in [7, 11) is 0. The average Bonchev–Trinajstić information content (AvgIpc) is 2.39. The van der Waals surface area contributed by atoms with Gasteiger partial charge in [-0.05, 0) is 62.4 Å². The maximum atomic E-state index is 11.4. The zero-order valence-electron chi connectivity index (χ0n) is 11.2. The van der Waals surface area contributed by atoms with E-state index in [1.165, 1.54) is 24.0 Å². The van der Waals surface area contributed by atoms with Crippen molar-refractivity contribution in [2.24, 2.45) is 5.73 Å². The van der Waals surface area contributed by atoms with Gasteiger partial charge in [0.05, 0.1) is 5.92 Å². The first-order valence-corrected chi connectivity index (χ1v) is 6.70. The molecule has 3 N–H and O–H groups in total. The SMILES string of the molecule is Cc1c(C2CCNCC2)cccc1C(C)C(N)=O. The minimum Gasteiger partial charge on any atom is -0.369 e. The second-order valence-electron chi connectivity index (χ2n) is 5.21. The van der Waals surface area contributed by atoms with E-state index in [2.05, 4.69) is 24.4 Å². The molecular weight excluding hydrogens is 224 g/mol. The molecule has 3 nitrogen and oxygen atoms in total. The summed E-state index contributed by atoms with van der Waals surface area (Å²) in [6.45, 7) is 6.17. The van der Waals surface area contributed by atoms with Crippen LogP contribution in [0, 0.1) is 6.92 Å². The standard InChI is InChI=1S/C15H22N2O/c1-10-13(11(2)15(16)18)4-3-5-14(10)12-6-8-17-9-7-12/h3-5,11-12,17H,6-9H2,1-2H3,(H2,16,18). The van der Waals surface area contributed by atoms with Gasteiger partial charge < -0.3 is 11.1 Å². The molecule has 0 spiro atoms. The smallest absolute Gasteiger partial charge is 0.224 e. The largest absolute Gasteiger partial charge is 0.369 e. The Bertz CT molecular complexity index is 436. The first-order chi connectivity index (χ1) is 8.61.